The van der Waals surface area contributed by atoms with Gasteiger partial charge in [0.15, 0.2) is 0 Å². The molecule has 3 rings (SSSR count). The maximum atomic E-state index is 13.4. The Balaban J connectivity index is 0.00000300. The number of halogens is 1. The van der Waals surface area contributed by atoms with E-state index in [2.05, 4.69) is 35.3 Å². The van der Waals surface area contributed by atoms with E-state index in [0.717, 1.165) is 53.9 Å². The number of anilines is 1. The molecule has 1 unspecified atom stereocenters. The highest BCUT2D eigenvalue weighted by Gasteiger charge is 2.32. The minimum absolute atomic E-state index is 0. The van der Waals surface area contributed by atoms with Crippen molar-refractivity contribution in [3.05, 3.63) is 58.1 Å². The van der Waals surface area contributed by atoms with Crippen molar-refractivity contribution in [1.82, 2.24) is 4.90 Å². The van der Waals surface area contributed by atoms with Gasteiger partial charge in [0.2, 0.25) is 5.91 Å². The number of carbonyl (C=O) groups is 1. The van der Waals surface area contributed by atoms with Gasteiger partial charge in [-0.2, -0.15) is 0 Å². The molecule has 0 radical (unpaired) electrons. The number of aryl methyl sites for hydroxylation is 1. The van der Waals surface area contributed by atoms with Gasteiger partial charge in [-0.1, -0.05) is 44.0 Å². The number of aromatic hydroxyl groups is 1. The van der Waals surface area contributed by atoms with E-state index in [1.165, 1.54) is 18.4 Å². The standard InChI is InChI=1S/C24H32N2O2.ClH/c1-5-6-9-13-26-14-12-19-10-7-8-11-20(19)22(26)24(28)25-21-15-16(2)23(27)18(4)17(21)3;/h7-8,10-11,15,22,27H,5-6,9,12-14H2,1-4H3,(H,25,28);1H. The summed E-state index contributed by atoms with van der Waals surface area (Å²) in [6.45, 7) is 9.74. The van der Waals surface area contributed by atoms with Gasteiger partial charge in [-0.15, -0.1) is 12.4 Å². The van der Waals surface area contributed by atoms with E-state index in [0.29, 0.717) is 5.75 Å². The minimum atomic E-state index is -0.268. The molecule has 158 valence electrons. The fourth-order valence-electron chi connectivity index (χ4n) is 4.13. The number of hydrogen-bond acceptors (Lipinski definition) is 3. The molecule has 2 aromatic carbocycles. The van der Waals surface area contributed by atoms with Crippen molar-refractivity contribution in [3.8, 4) is 5.75 Å². The monoisotopic (exact) mass is 416 g/mol. The second-order valence-corrected chi connectivity index (χ2v) is 7.92. The lowest BCUT2D eigenvalue weighted by atomic mass is 9.91. The first kappa shape index (κ1) is 23.2. The normalized spacial score (nSPS) is 16.1. The number of carbonyl (C=O) groups excluding carboxylic acids is 1. The number of phenolic OH excluding ortho intramolecular Hbond substituents is 1. The first-order valence-corrected chi connectivity index (χ1v) is 10.4. The predicted molar refractivity (Wildman–Crippen MR) is 122 cm³/mol. The molecule has 0 spiro atoms. The minimum Gasteiger partial charge on any atom is -0.507 e. The van der Waals surface area contributed by atoms with Gasteiger partial charge in [-0.05, 0) is 74.0 Å². The Morgan fingerprint density at radius 3 is 2.62 bits per heavy atom. The van der Waals surface area contributed by atoms with Crippen LogP contribution in [0.2, 0.25) is 0 Å². The Hall–Kier alpha value is -2.04. The summed E-state index contributed by atoms with van der Waals surface area (Å²) in [6.07, 6.45) is 4.45. The number of phenols is 1. The molecule has 2 N–H and O–H groups in total. The molecule has 1 atom stereocenters. The van der Waals surface area contributed by atoms with Crippen LogP contribution in [0.25, 0.3) is 0 Å². The van der Waals surface area contributed by atoms with Gasteiger partial charge in [0.1, 0.15) is 11.8 Å². The summed E-state index contributed by atoms with van der Waals surface area (Å²) in [5.74, 6) is 0.316. The first-order chi connectivity index (χ1) is 13.4. The number of hydrogen-bond donors (Lipinski definition) is 2. The van der Waals surface area contributed by atoms with Crippen LogP contribution in [0.5, 0.6) is 5.75 Å². The van der Waals surface area contributed by atoms with Crippen LogP contribution in [0.4, 0.5) is 5.69 Å². The Kier molecular flexibility index (Phi) is 8.12. The van der Waals surface area contributed by atoms with Crippen LogP contribution in [-0.2, 0) is 11.2 Å². The number of fused-ring (bicyclic) bond motifs is 1. The number of amides is 1. The molecule has 4 nitrogen and oxygen atoms in total. The molecule has 0 aromatic heterocycles. The number of unbranched alkanes of at least 4 members (excludes halogenated alkanes) is 2. The zero-order valence-corrected chi connectivity index (χ0v) is 18.7. The van der Waals surface area contributed by atoms with Crippen molar-refractivity contribution in [2.45, 2.75) is 59.4 Å². The van der Waals surface area contributed by atoms with Crippen molar-refractivity contribution in [2.24, 2.45) is 0 Å². The maximum Gasteiger partial charge on any atom is 0.246 e. The van der Waals surface area contributed by atoms with Crippen molar-refractivity contribution in [1.29, 1.82) is 0 Å². The average molecular weight is 417 g/mol. The van der Waals surface area contributed by atoms with Crippen molar-refractivity contribution in [2.75, 3.05) is 18.4 Å². The Bertz CT molecular complexity index is 866. The third-order valence-electron chi connectivity index (χ3n) is 5.99. The van der Waals surface area contributed by atoms with E-state index in [4.69, 9.17) is 0 Å². The van der Waals surface area contributed by atoms with Gasteiger partial charge in [-0.3, -0.25) is 9.69 Å². The van der Waals surface area contributed by atoms with Crippen LogP contribution in [0.1, 0.15) is 60.0 Å². The van der Waals surface area contributed by atoms with E-state index in [9.17, 15) is 9.90 Å². The quantitative estimate of drug-likeness (QED) is 0.485. The lowest BCUT2D eigenvalue weighted by Gasteiger charge is -2.36. The zero-order chi connectivity index (χ0) is 20.3. The molecule has 1 aliphatic rings. The van der Waals surface area contributed by atoms with E-state index in [1.54, 1.807) is 0 Å². The third kappa shape index (κ3) is 4.93. The van der Waals surface area contributed by atoms with Gasteiger partial charge in [-0.25, -0.2) is 0 Å². The molecule has 0 fully saturated rings. The smallest absolute Gasteiger partial charge is 0.246 e. The zero-order valence-electron chi connectivity index (χ0n) is 17.9. The average Bonchev–Trinajstić information content (AvgIpc) is 2.70. The van der Waals surface area contributed by atoms with E-state index in [-0.39, 0.29) is 24.4 Å². The highest BCUT2D eigenvalue weighted by atomic mass is 35.5. The summed E-state index contributed by atoms with van der Waals surface area (Å²) in [4.78, 5) is 15.7. The molecule has 1 amide bonds. The molecule has 0 aliphatic carbocycles. The Morgan fingerprint density at radius 1 is 1.17 bits per heavy atom. The SMILES string of the molecule is CCCCCN1CCc2ccccc2C1C(=O)Nc1cc(C)c(O)c(C)c1C.Cl. The number of benzene rings is 2. The highest BCUT2D eigenvalue weighted by molar-refractivity contribution is 5.97. The fraction of sp³-hybridized carbons (Fsp3) is 0.458. The van der Waals surface area contributed by atoms with Gasteiger partial charge in [0.05, 0.1) is 0 Å². The van der Waals surface area contributed by atoms with Crippen molar-refractivity contribution in [3.63, 3.8) is 0 Å². The van der Waals surface area contributed by atoms with Crippen LogP contribution < -0.4 is 5.32 Å². The lowest BCUT2D eigenvalue weighted by Crippen LogP contribution is -2.42. The van der Waals surface area contributed by atoms with E-state index >= 15 is 0 Å². The first-order valence-electron chi connectivity index (χ1n) is 10.4. The lowest BCUT2D eigenvalue weighted by molar-refractivity contribution is -0.122. The molecule has 0 saturated heterocycles. The number of nitrogens with one attached hydrogen (secondary N) is 1. The molecular weight excluding hydrogens is 384 g/mol. The predicted octanol–water partition coefficient (Wildman–Crippen LogP) is 5.47. The second kappa shape index (κ2) is 10.1. The largest absolute Gasteiger partial charge is 0.507 e. The van der Waals surface area contributed by atoms with Gasteiger partial charge < -0.3 is 10.4 Å². The van der Waals surface area contributed by atoms with E-state index < -0.39 is 0 Å². The number of rotatable bonds is 6. The summed E-state index contributed by atoms with van der Waals surface area (Å²) in [7, 11) is 0. The van der Waals surface area contributed by atoms with Crippen molar-refractivity contribution < 1.29 is 9.90 Å². The van der Waals surface area contributed by atoms with Gasteiger partial charge >= 0.3 is 0 Å². The molecule has 5 heteroatoms. The summed E-state index contributed by atoms with van der Waals surface area (Å²) < 4.78 is 0. The maximum absolute atomic E-state index is 13.4. The summed E-state index contributed by atoms with van der Waals surface area (Å²) in [5.41, 5.74) is 5.69. The Labute approximate surface area is 180 Å². The van der Waals surface area contributed by atoms with Crippen LogP contribution in [0.3, 0.4) is 0 Å². The van der Waals surface area contributed by atoms with Gasteiger partial charge in [0, 0.05) is 12.2 Å². The molecule has 1 aliphatic heterocycles. The Morgan fingerprint density at radius 2 is 1.90 bits per heavy atom. The fourth-order valence-corrected chi connectivity index (χ4v) is 4.13. The topological polar surface area (TPSA) is 52.6 Å². The summed E-state index contributed by atoms with van der Waals surface area (Å²) in [5, 5.41) is 13.3. The van der Waals surface area contributed by atoms with Gasteiger partial charge in [0.25, 0.3) is 0 Å². The second-order valence-electron chi connectivity index (χ2n) is 7.92. The molecule has 2 aromatic rings. The molecular formula is C24H33ClN2O2. The highest BCUT2D eigenvalue weighted by Crippen LogP contribution is 2.34. The molecule has 1 heterocycles. The van der Waals surface area contributed by atoms with Crippen molar-refractivity contribution >= 4 is 24.0 Å². The van der Waals surface area contributed by atoms with Crippen LogP contribution in [0.15, 0.2) is 30.3 Å². The summed E-state index contributed by atoms with van der Waals surface area (Å²) >= 11 is 0. The number of nitrogens with zero attached hydrogens (tertiary/aromatic N) is 1. The third-order valence-corrected chi connectivity index (χ3v) is 5.99. The summed E-state index contributed by atoms with van der Waals surface area (Å²) in [6, 6.07) is 9.90. The van der Waals surface area contributed by atoms with Crippen LogP contribution >= 0.6 is 12.4 Å². The molecule has 0 saturated carbocycles. The molecule has 29 heavy (non-hydrogen) atoms. The van der Waals surface area contributed by atoms with E-state index in [1.807, 2.05) is 32.9 Å². The van der Waals surface area contributed by atoms with Crippen LogP contribution in [0, 0.1) is 20.8 Å². The van der Waals surface area contributed by atoms with Crippen LogP contribution in [-0.4, -0.2) is 29.0 Å². The molecule has 0 bridgehead atoms.